The first-order chi connectivity index (χ1) is 10.3. The molecule has 2 saturated carbocycles. The summed E-state index contributed by atoms with van der Waals surface area (Å²) in [5, 5.41) is 8.96. The number of unbranched alkanes of at least 4 members (excludes halogenated alkanes) is 1. The lowest BCUT2D eigenvalue weighted by Crippen LogP contribution is -2.17. The van der Waals surface area contributed by atoms with Gasteiger partial charge in [0.1, 0.15) is 0 Å². The molecule has 2 rings (SSSR count). The fraction of sp³-hybridized carbons (Fsp3) is 0.850. The average Bonchev–Trinajstić information content (AvgIpc) is 2.55. The zero-order valence-electron chi connectivity index (χ0n) is 13.7. The van der Waals surface area contributed by atoms with Gasteiger partial charge >= 0.3 is 0 Å². The van der Waals surface area contributed by atoms with Crippen molar-refractivity contribution in [1.29, 1.82) is 5.26 Å². The summed E-state index contributed by atoms with van der Waals surface area (Å²) in [6, 6.07) is 2.45. The Hall–Kier alpha value is -0.770. The van der Waals surface area contributed by atoms with E-state index < -0.39 is 0 Å². The van der Waals surface area contributed by atoms with E-state index in [-0.39, 0.29) is 0 Å². The molecule has 118 valence electrons. The summed E-state index contributed by atoms with van der Waals surface area (Å²) in [6.07, 6.45) is 19.8. The third kappa shape index (κ3) is 5.85. The Morgan fingerprint density at radius 3 is 1.76 bits per heavy atom. The topological polar surface area (TPSA) is 23.8 Å². The molecular formula is C20H33N. The molecule has 0 aromatic carbocycles. The normalized spacial score (nSPS) is 33.3. The monoisotopic (exact) mass is 287 g/mol. The molecule has 21 heavy (non-hydrogen) atoms. The highest BCUT2D eigenvalue weighted by molar-refractivity contribution is 4.87. The summed E-state index contributed by atoms with van der Waals surface area (Å²) in [5.74, 6) is 3.31. The van der Waals surface area contributed by atoms with Gasteiger partial charge in [-0.3, -0.25) is 0 Å². The number of hydrogen-bond acceptors (Lipinski definition) is 1. The van der Waals surface area contributed by atoms with Crippen molar-refractivity contribution in [3.8, 4) is 6.07 Å². The van der Waals surface area contributed by atoms with Crippen molar-refractivity contribution in [2.45, 2.75) is 83.5 Å². The van der Waals surface area contributed by atoms with E-state index in [1.165, 1.54) is 70.6 Å². The average molecular weight is 287 g/mol. The lowest BCUT2D eigenvalue weighted by Gasteiger charge is -2.31. The molecule has 0 atom stereocenters. The van der Waals surface area contributed by atoms with Crippen LogP contribution < -0.4 is 0 Å². The van der Waals surface area contributed by atoms with Crippen molar-refractivity contribution < 1.29 is 0 Å². The van der Waals surface area contributed by atoms with E-state index in [2.05, 4.69) is 18.7 Å². The molecule has 0 amide bonds. The van der Waals surface area contributed by atoms with Gasteiger partial charge in [0.05, 0.1) is 6.07 Å². The zero-order chi connectivity index (χ0) is 14.9. The molecule has 2 aliphatic carbocycles. The highest BCUT2D eigenvalue weighted by atomic mass is 14.3. The maximum atomic E-state index is 8.96. The fourth-order valence-corrected chi connectivity index (χ4v) is 4.41. The molecule has 0 aliphatic heterocycles. The second-order valence-electron chi connectivity index (χ2n) is 7.53. The molecule has 0 spiro atoms. The van der Waals surface area contributed by atoms with Crippen LogP contribution in [0.3, 0.4) is 0 Å². The Kier molecular flexibility index (Phi) is 7.34. The molecule has 2 aliphatic rings. The van der Waals surface area contributed by atoms with E-state index in [1.54, 1.807) is 0 Å². The largest absolute Gasteiger partial charge is 0.198 e. The van der Waals surface area contributed by atoms with E-state index >= 15 is 0 Å². The molecular weight excluding hydrogens is 254 g/mol. The van der Waals surface area contributed by atoms with Crippen LogP contribution in [0.1, 0.15) is 83.5 Å². The second kappa shape index (κ2) is 9.29. The highest BCUT2D eigenvalue weighted by Crippen LogP contribution is 2.37. The van der Waals surface area contributed by atoms with Crippen LogP contribution in [0.5, 0.6) is 0 Å². The third-order valence-corrected chi connectivity index (χ3v) is 6.00. The minimum Gasteiger partial charge on any atom is -0.198 e. The van der Waals surface area contributed by atoms with Gasteiger partial charge in [0, 0.05) is 5.92 Å². The molecule has 0 aromatic rings. The van der Waals surface area contributed by atoms with Crippen LogP contribution >= 0.6 is 0 Å². The standard InChI is InChI=1S/C20H33N/c1-2-3-4-5-17-6-8-18(9-7-17)10-11-19-12-14-20(16-21)15-13-19/h2,17-20H,1,3-15H2. The van der Waals surface area contributed by atoms with Crippen LogP contribution in [-0.2, 0) is 0 Å². The van der Waals surface area contributed by atoms with Crippen LogP contribution in [0.15, 0.2) is 12.7 Å². The maximum Gasteiger partial charge on any atom is 0.0655 e. The van der Waals surface area contributed by atoms with Gasteiger partial charge in [0.15, 0.2) is 0 Å². The first-order valence-electron chi connectivity index (χ1n) is 9.32. The first kappa shape index (κ1) is 16.6. The van der Waals surface area contributed by atoms with Gasteiger partial charge < -0.3 is 0 Å². The van der Waals surface area contributed by atoms with Gasteiger partial charge in [0.25, 0.3) is 0 Å². The predicted octanol–water partition coefficient (Wildman–Crippen LogP) is 6.26. The van der Waals surface area contributed by atoms with Gasteiger partial charge in [-0.2, -0.15) is 5.26 Å². The van der Waals surface area contributed by atoms with Crippen molar-refractivity contribution >= 4 is 0 Å². The zero-order valence-corrected chi connectivity index (χ0v) is 13.7. The molecule has 0 N–H and O–H groups in total. The van der Waals surface area contributed by atoms with Crippen LogP contribution in [0.25, 0.3) is 0 Å². The first-order valence-corrected chi connectivity index (χ1v) is 9.32. The van der Waals surface area contributed by atoms with Gasteiger partial charge in [-0.15, -0.1) is 6.58 Å². The number of rotatable bonds is 7. The van der Waals surface area contributed by atoms with Crippen molar-refractivity contribution in [2.24, 2.45) is 23.7 Å². The Bertz CT molecular complexity index is 324. The van der Waals surface area contributed by atoms with Gasteiger partial charge in [-0.1, -0.05) is 51.0 Å². The van der Waals surface area contributed by atoms with Crippen molar-refractivity contribution in [2.75, 3.05) is 0 Å². The van der Waals surface area contributed by atoms with E-state index in [0.29, 0.717) is 5.92 Å². The highest BCUT2D eigenvalue weighted by Gasteiger charge is 2.24. The fourth-order valence-electron chi connectivity index (χ4n) is 4.41. The number of nitrogens with zero attached hydrogens (tertiary/aromatic N) is 1. The van der Waals surface area contributed by atoms with Crippen LogP contribution in [0.2, 0.25) is 0 Å². The minimum atomic E-state index is 0.368. The van der Waals surface area contributed by atoms with Crippen LogP contribution in [0, 0.1) is 35.0 Å². The summed E-state index contributed by atoms with van der Waals surface area (Å²) in [5.41, 5.74) is 0. The Morgan fingerprint density at radius 2 is 1.29 bits per heavy atom. The van der Waals surface area contributed by atoms with Gasteiger partial charge in [-0.25, -0.2) is 0 Å². The predicted molar refractivity (Wildman–Crippen MR) is 89.8 cm³/mol. The van der Waals surface area contributed by atoms with E-state index in [0.717, 1.165) is 30.6 Å². The Morgan fingerprint density at radius 1 is 0.810 bits per heavy atom. The summed E-state index contributed by atoms with van der Waals surface area (Å²) >= 11 is 0. The molecule has 0 unspecified atom stereocenters. The lowest BCUT2D eigenvalue weighted by molar-refractivity contribution is 0.221. The van der Waals surface area contributed by atoms with E-state index in [1.807, 2.05) is 0 Å². The Labute approximate surface area is 131 Å². The van der Waals surface area contributed by atoms with Gasteiger partial charge in [-0.05, 0) is 56.3 Å². The summed E-state index contributed by atoms with van der Waals surface area (Å²) in [6.45, 7) is 3.82. The summed E-state index contributed by atoms with van der Waals surface area (Å²) in [7, 11) is 0. The molecule has 0 radical (unpaired) electrons. The number of allylic oxidation sites excluding steroid dienone is 1. The molecule has 1 heteroatoms. The smallest absolute Gasteiger partial charge is 0.0655 e. The molecule has 0 bridgehead atoms. The minimum absolute atomic E-state index is 0.368. The van der Waals surface area contributed by atoms with Gasteiger partial charge in [0.2, 0.25) is 0 Å². The van der Waals surface area contributed by atoms with Crippen LogP contribution in [-0.4, -0.2) is 0 Å². The SMILES string of the molecule is C=CCCCC1CCC(CCC2CCC(C#N)CC2)CC1. The molecule has 0 heterocycles. The van der Waals surface area contributed by atoms with Crippen LogP contribution in [0.4, 0.5) is 0 Å². The van der Waals surface area contributed by atoms with Crippen molar-refractivity contribution in [3.05, 3.63) is 12.7 Å². The third-order valence-electron chi connectivity index (χ3n) is 6.00. The molecule has 0 saturated heterocycles. The molecule has 1 nitrogen and oxygen atoms in total. The van der Waals surface area contributed by atoms with E-state index in [9.17, 15) is 0 Å². The Balaban J connectivity index is 1.55. The molecule has 2 fully saturated rings. The van der Waals surface area contributed by atoms with E-state index in [4.69, 9.17) is 5.26 Å². The summed E-state index contributed by atoms with van der Waals surface area (Å²) < 4.78 is 0. The molecule has 0 aromatic heterocycles. The lowest BCUT2D eigenvalue weighted by atomic mass is 9.75. The quantitative estimate of drug-likeness (QED) is 0.400. The summed E-state index contributed by atoms with van der Waals surface area (Å²) in [4.78, 5) is 0. The number of hydrogen-bond donors (Lipinski definition) is 0. The van der Waals surface area contributed by atoms with Crippen molar-refractivity contribution in [3.63, 3.8) is 0 Å². The second-order valence-corrected chi connectivity index (χ2v) is 7.53. The maximum absolute atomic E-state index is 8.96. The van der Waals surface area contributed by atoms with Crippen molar-refractivity contribution in [1.82, 2.24) is 0 Å². The number of nitriles is 1.